The van der Waals surface area contributed by atoms with E-state index < -0.39 is 0 Å². The first-order valence-electron chi connectivity index (χ1n) is 8.90. The molecule has 0 bridgehead atoms. The molecule has 144 valence electrons. The number of para-hydroxylation sites is 1. The van der Waals surface area contributed by atoms with Crippen LogP contribution in [0.4, 0.5) is 0 Å². The minimum Gasteiger partial charge on any atom is -0.385 e. The van der Waals surface area contributed by atoms with Crippen molar-refractivity contribution >= 4 is 44.9 Å². The standard InChI is InChI=1S/C20H19ClN4OS2/c1-26-12-6-11-25-19(14-7-2-3-8-15(14)21)23-24-20(25)27-13-18-22-16-9-4-5-10-17(16)28-18/h2-5,7-10H,6,11-13H2,1H3. The number of methoxy groups -OCH3 is 1. The Morgan fingerprint density at radius 3 is 2.75 bits per heavy atom. The van der Waals surface area contributed by atoms with Gasteiger partial charge in [0.2, 0.25) is 0 Å². The first kappa shape index (κ1) is 19.4. The van der Waals surface area contributed by atoms with E-state index in [1.54, 1.807) is 30.2 Å². The highest BCUT2D eigenvalue weighted by Gasteiger charge is 2.17. The molecule has 0 amide bonds. The molecule has 8 heteroatoms. The van der Waals surface area contributed by atoms with E-state index in [4.69, 9.17) is 21.3 Å². The van der Waals surface area contributed by atoms with Crippen molar-refractivity contribution in [1.29, 1.82) is 0 Å². The summed E-state index contributed by atoms with van der Waals surface area (Å²) in [4.78, 5) is 4.71. The SMILES string of the molecule is COCCCn1c(SCc2nc3ccccc3s2)nnc1-c1ccccc1Cl. The summed E-state index contributed by atoms with van der Waals surface area (Å²) in [7, 11) is 1.71. The molecule has 28 heavy (non-hydrogen) atoms. The van der Waals surface area contributed by atoms with E-state index in [2.05, 4.69) is 20.8 Å². The lowest BCUT2D eigenvalue weighted by molar-refractivity contribution is 0.189. The maximum atomic E-state index is 6.40. The van der Waals surface area contributed by atoms with Gasteiger partial charge in [0.25, 0.3) is 0 Å². The first-order valence-corrected chi connectivity index (χ1v) is 11.1. The molecule has 4 aromatic rings. The van der Waals surface area contributed by atoms with Crippen molar-refractivity contribution in [3.63, 3.8) is 0 Å². The van der Waals surface area contributed by atoms with Crippen LogP contribution in [-0.2, 0) is 17.0 Å². The van der Waals surface area contributed by atoms with Crippen molar-refractivity contribution in [2.24, 2.45) is 0 Å². The van der Waals surface area contributed by atoms with E-state index in [1.807, 2.05) is 42.5 Å². The molecule has 5 nitrogen and oxygen atoms in total. The van der Waals surface area contributed by atoms with Crippen LogP contribution in [-0.4, -0.2) is 33.5 Å². The second kappa shape index (κ2) is 9.05. The summed E-state index contributed by atoms with van der Waals surface area (Å²) in [6, 6.07) is 15.9. The van der Waals surface area contributed by atoms with Gasteiger partial charge in [-0.3, -0.25) is 0 Å². The van der Waals surface area contributed by atoms with Crippen LogP contribution in [0.3, 0.4) is 0 Å². The Labute approximate surface area is 176 Å². The number of halogens is 1. The number of aromatic nitrogens is 4. The highest BCUT2D eigenvalue weighted by molar-refractivity contribution is 7.98. The number of hydrogen-bond donors (Lipinski definition) is 0. The third-order valence-corrected chi connectivity index (χ3v) is 6.75. The second-order valence-corrected chi connectivity index (χ2v) is 8.61. The Hall–Kier alpha value is -1.93. The summed E-state index contributed by atoms with van der Waals surface area (Å²) in [5, 5.41) is 11.5. The van der Waals surface area contributed by atoms with E-state index in [9.17, 15) is 0 Å². The molecule has 0 unspecified atom stereocenters. The number of hydrogen-bond acceptors (Lipinski definition) is 6. The average Bonchev–Trinajstić information content (AvgIpc) is 3.30. The Morgan fingerprint density at radius 1 is 1.11 bits per heavy atom. The summed E-state index contributed by atoms with van der Waals surface area (Å²) in [6.07, 6.45) is 0.876. The molecule has 0 spiro atoms. The maximum absolute atomic E-state index is 6.40. The number of benzene rings is 2. The van der Waals surface area contributed by atoms with Crippen LogP contribution in [0.25, 0.3) is 21.6 Å². The number of thioether (sulfide) groups is 1. The van der Waals surface area contributed by atoms with Crippen molar-refractivity contribution in [3.8, 4) is 11.4 Å². The van der Waals surface area contributed by atoms with Crippen molar-refractivity contribution in [3.05, 3.63) is 58.6 Å². The molecule has 0 radical (unpaired) electrons. The van der Waals surface area contributed by atoms with Gasteiger partial charge >= 0.3 is 0 Å². The Morgan fingerprint density at radius 2 is 1.93 bits per heavy atom. The van der Waals surface area contributed by atoms with Gasteiger partial charge in [-0.1, -0.05) is 47.6 Å². The van der Waals surface area contributed by atoms with Crippen molar-refractivity contribution < 1.29 is 4.74 Å². The molecule has 2 aromatic heterocycles. The zero-order chi connectivity index (χ0) is 19.3. The lowest BCUT2D eigenvalue weighted by Gasteiger charge is -2.10. The van der Waals surface area contributed by atoms with E-state index in [1.165, 1.54) is 4.70 Å². The number of fused-ring (bicyclic) bond motifs is 1. The van der Waals surface area contributed by atoms with Crippen molar-refractivity contribution in [1.82, 2.24) is 19.7 Å². The highest BCUT2D eigenvalue weighted by atomic mass is 35.5. The zero-order valence-corrected chi connectivity index (χ0v) is 17.7. The molecule has 0 aliphatic carbocycles. The largest absolute Gasteiger partial charge is 0.385 e. The molecule has 0 aliphatic rings. The molecule has 0 saturated carbocycles. The number of rotatable bonds is 8. The molecule has 0 aliphatic heterocycles. The number of ether oxygens (including phenoxy) is 1. The topological polar surface area (TPSA) is 52.8 Å². The van der Waals surface area contributed by atoms with Crippen LogP contribution in [0.15, 0.2) is 53.7 Å². The Bertz CT molecular complexity index is 1050. The predicted octanol–water partition coefficient (Wildman–Crippen LogP) is 5.54. The molecule has 2 heterocycles. The number of nitrogens with zero attached hydrogens (tertiary/aromatic N) is 4. The van der Waals surface area contributed by atoms with Crippen LogP contribution < -0.4 is 0 Å². The normalized spacial score (nSPS) is 11.4. The van der Waals surface area contributed by atoms with Crippen LogP contribution >= 0.6 is 34.7 Å². The Balaban J connectivity index is 1.59. The molecular formula is C20H19ClN4OS2. The first-order chi connectivity index (χ1) is 13.8. The van der Waals surface area contributed by atoms with E-state index in [0.717, 1.165) is 45.8 Å². The molecule has 4 rings (SSSR count). The van der Waals surface area contributed by atoms with Gasteiger partial charge in [-0.05, 0) is 30.7 Å². The lowest BCUT2D eigenvalue weighted by atomic mass is 10.2. The molecule has 0 N–H and O–H groups in total. The molecular weight excluding hydrogens is 412 g/mol. The molecule has 2 aromatic carbocycles. The molecule has 0 saturated heterocycles. The summed E-state index contributed by atoms with van der Waals surface area (Å²) in [5.74, 6) is 1.54. The van der Waals surface area contributed by atoms with Gasteiger partial charge in [0.05, 0.1) is 21.0 Å². The average molecular weight is 431 g/mol. The monoisotopic (exact) mass is 430 g/mol. The highest BCUT2D eigenvalue weighted by Crippen LogP contribution is 2.32. The van der Waals surface area contributed by atoms with Crippen LogP contribution in [0.5, 0.6) is 0 Å². The van der Waals surface area contributed by atoms with Gasteiger partial charge < -0.3 is 9.30 Å². The fourth-order valence-electron chi connectivity index (χ4n) is 2.91. The van der Waals surface area contributed by atoms with Gasteiger partial charge in [-0.25, -0.2) is 4.98 Å². The third-order valence-electron chi connectivity index (χ3n) is 4.22. The van der Waals surface area contributed by atoms with Crippen LogP contribution in [0.2, 0.25) is 5.02 Å². The quantitative estimate of drug-likeness (QED) is 0.271. The Kier molecular flexibility index (Phi) is 6.26. The van der Waals surface area contributed by atoms with Crippen LogP contribution in [0.1, 0.15) is 11.4 Å². The van der Waals surface area contributed by atoms with Gasteiger partial charge in [0.1, 0.15) is 5.01 Å². The van der Waals surface area contributed by atoms with Crippen molar-refractivity contribution in [2.75, 3.05) is 13.7 Å². The zero-order valence-electron chi connectivity index (χ0n) is 15.3. The summed E-state index contributed by atoms with van der Waals surface area (Å²) < 4.78 is 8.55. The van der Waals surface area contributed by atoms with Gasteiger partial charge in [0, 0.05) is 25.8 Å². The van der Waals surface area contributed by atoms with E-state index >= 15 is 0 Å². The predicted molar refractivity (Wildman–Crippen MR) is 116 cm³/mol. The molecule has 0 atom stereocenters. The minimum atomic E-state index is 0.672. The fraction of sp³-hybridized carbons (Fsp3) is 0.250. The lowest BCUT2D eigenvalue weighted by Crippen LogP contribution is -2.05. The summed E-state index contributed by atoms with van der Waals surface area (Å²) in [6.45, 7) is 1.45. The minimum absolute atomic E-state index is 0.672. The summed E-state index contributed by atoms with van der Waals surface area (Å²) in [5.41, 5.74) is 1.93. The smallest absolute Gasteiger partial charge is 0.191 e. The van der Waals surface area contributed by atoms with Gasteiger partial charge in [0.15, 0.2) is 11.0 Å². The van der Waals surface area contributed by atoms with Gasteiger partial charge in [-0.2, -0.15) is 0 Å². The van der Waals surface area contributed by atoms with E-state index in [-0.39, 0.29) is 0 Å². The second-order valence-electron chi connectivity index (χ2n) is 6.15. The number of thiazole rings is 1. The maximum Gasteiger partial charge on any atom is 0.191 e. The van der Waals surface area contributed by atoms with E-state index in [0.29, 0.717) is 11.6 Å². The molecule has 0 fully saturated rings. The van der Waals surface area contributed by atoms with Gasteiger partial charge in [-0.15, -0.1) is 21.5 Å². The summed E-state index contributed by atoms with van der Waals surface area (Å²) >= 11 is 9.77. The fourth-order valence-corrected chi connectivity index (χ4v) is 5.06. The van der Waals surface area contributed by atoms with Crippen molar-refractivity contribution in [2.45, 2.75) is 23.9 Å². The third kappa shape index (κ3) is 4.22. The van der Waals surface area contributed by atoms with Crippen LogP contribution in [0, 0.1) is 0 Å².